The Morgan fingerprint density at radius 3 is 2.85 bits per heavy atom. The van der Waals surface area contributed by atoms with E-state index in [0.717, 1.165) is 12.1 Å². The van der Waals surface area contributed by atoms with Crippen molar-refractivity contribution in [1.82, 2.24) is 4.57 Å². The molecule has 5 heteroatoms. The van der Waals surface area contributed by atoms with Crippen molar-refractivity contribution in [3.63, 3.8) is 0 Å². The lowest BCUT2D eigenvalue weighted by atomic mass is 10.2. The van der Waals surface area contributed by atoms with Crippen molar-refractivity contribution in [2.45, 2.75) is 26.4 Å². The number of phenols is 1. The van der Waals surface area contributed by atoms with Gasteiger partial charge in [0.1, 0.15) is 5.75 Å². The Balaban J connectivity index is 2.13. The van der Waals surface area contributed by atoms with Crippen LogP contribution in [0, 0.1) is 0 Å². The number of phenolic OH excluding ortho intramolecular Hbond substituents is 1. The Kier molecular flexibility index (Phi) is 4.69. The van der Waals surface area contributed by atoms with Gasteiger partial charge in [0.25, 0.3) is 5.56 Å². The van der Waals surface area contributed by atoms with Crippen molar-refractivity contribution < 1.29 is 5.11 Å². The number of benzene rings is 1. The highest BCUT2D eigenvalue weighted by Gasteiger charge is 2.05. The van der Waals surface area contributed by atoms with E-state index in [2.05, 4.69) is 5.32 Å². The first-order valence-electron chi connectivity index (χ1n) is 6.52. The maximum Gasteiger partial charge on any atom is 0.250 e. The fourth-order valence-electron chi connectivity index (χ4n) is 1.95. The molecule has 2 rings (SSSR count). The van der Waals surface area contributed by atoms with Crippen LogP contribution in [-0.2, 0) is 13.1 Å². The molecule has 0 atom stereocenters. The molecule has 1 heterocycles. The van der Waals surface area contributed by atoms with Crippen molar-refractivity contribution in [1.29, 1.82) is 0 Å². The summed E-state index contributed by atoms with van der Waals surface area (Å²) in [6.07, 6.45) is 2.69. The largest absolute Gasteiger partial charge is 0.506 e. The molecule has 0 aliphatic carbocycles. The highest BCUT2D eigenvalue weighted by atomic mass is 35.5. The van der Waals surface area contributed by atoms with Gasteiger partial charge in [0, 0.05) is 30.9 Å². The number of rotatable bonds is 5. The molecule has 4 nitrogen and oxygen atoms in total. The smallest absolute Gasteiger partial charge is 0.250 e. The van der Waals surface area contributed by atoms with E-state index >= 15 is 0 Å². The molecule has 0 spiro atoms. The Bertz CT molecular complexity index is 653. The monoisotopic (exact) mass is 292 g/mol. The molecule has 0 fully saturated rings. The van der Waals surface area contributed by atoms with Crippen molar-refractivity contribution in [3.05, 3.63) is 57.5 Å². The summed E-state index contributed by atoms with van der Waals surface area (Å²) in [6.45, 7) is 3.16. The summed E-state index contributed by atoms with van der Waals surface area (Å²) in [5.74, 6) is 0.0866. The van der Waals surface area contributed by atoms with E-state index in [-0.39, 0.29) is 11.3 Å². The molecular weight excluding hydrogens is 276 g/mol. The molecule has 0 amide bonds. The van der Waals surface area contributed by atoms with Gasteiger partial charge in [-0.3, -0.25) is 4.79 Å². The number of nitrogens with one attached hydrogen (secondary N) is 1. The van der Waals surface area contributed by atoms with Crippen LogP contribution in [0.25, 0.3) is 0 Å². The normalized spacial score (nSPS) is 10.5. The second-order valence-electron chi connectivity index (χ2n) is 4.55. The zero-order chi connectivity index (χ0) is 14.5. The molecular formula is C15H17ClN2O2. The van der Waals surface area contributed by atoms with Gasteiger partial charge in [-0.1, -0.05) is 30.7 Å². The summed E-state index contributed by atoms with van der Waals surface area (Å²) in [5.41, 5.74) is 1.53. The number of aromatic nitrogens is 1. The summed E-state index contributed by atoms with van der Waals surface area (Å²) in [6, 6.07) is 8.50. The van der Waals surface area contributed by atoms with Crippen molar-refractivity contribution in [2.75, 3.05) is 5.32 Å². The molecule has 20 heavy (non-hydrogen) atoms. The Morgan fingerprint density at radius 1 is 1.30 bits per heavy atom. The zero-order valence-electron chi connectivity index (χ0n) is 11.3. The maximum absolute atomic E-state index is 11.6. The lowest BCUT2D eigenvalue weighted by Gasteiger charge is -2.11. The number of aromatic hydroxyl groups is 1. The molecule has 0 saturated carbocycles. The third kappa shape index (κ3) is 3.33. The first-order valence-corrected chi connectivity index (χ1v) is 6.90. The molecule has 1 aromatic heterocycles. The first kappa shape index (κ1) is 14.5. The molecule has 0 saturated heterocycles. The third-order valence-corrected chi connectivity index (χ3v) is 3.31. The molecule has 2 aromatic rings. The van der Waals surface area contributed by atoms with E-state index in [1.807, 2.05) is 6.92 Å². The lowest BCUT2D eigenvalue weighted by Crippen LogP contribution is -2.18. The van der Waals surface area contributed by atoms with Gasteiger partial charge in [0.15, 0.2) is 0 Å². The van der Waals surface area contributed by atoms with Gasteiger partial charge in [-0.25, -0.2) is 0 Å². The molecule has 0 aliphatic heterocycles. The minimum Gasteiger partial charge on any atom is -0.506 e. The van der Waals surface area contributed by atoms with Crippen LogP contribution < -0.4 is 10.9 Å². The predicted molar refractivity (Wildman–Crippen MR) is 81.4 cm³/mol. The second kappa shape index (κ2) is 6.48. The fraction of sp³-hybridized carbons (Fsp3) is 0.267. The van der Waals surface area contributed by atoms with E-state index in [0.29, 0.717) is 23.7 Å². The van der Waals surface area contributed by atoms with E-state index in [4.69, 9.17) is 11.6 Å². The quantitative estimate of drug-likeness (QED) is 0.889. The first-order chi connectivity index (χ1) is 9.61. The van der Waals surface area contributed by atoms with Gasteiger partial charge in [-0.15, -0.1) is 0 Å². The molecule has 1 aromatic carbocycles. The van der Waals surface area contributed by atoms with Crippen LogP contribution in [0.15, 0.2) is 41.3 Å². The van der Waals surface area contributed by atoms with Gasteiger partial charge >= 0.3 is 0 Å². The van der Waals surface area contributed by atoms with E-state index in [9.17, 15) is 9.90 Å². The van der Waals surface area contributed by atoms with Crippen molar-refractivity contribution in [2.24, 2.45) is 0 Å². The van der Waals surface area contributed by atoms with Crippen LogP contribution in [0.2, 0.25) is 5.02 Å². The van der Waals surface area contributed by atoms with Crippen molar-refractivity contribution in [3.8, 4) is 5.75 Å². The van der Waals surface area contributed by atoms with Gasteiger partial charge in [-0.2, -0.15) is 0 Å². The number of anilines is 1. The van der Waals surface area contributed by atoms with Crippen LogP contribution in [0.3, 0.4) is 0 Å². The summed E-state index contributed by atoms with van der Waals surface area (Å²) >= 11 is 5.86. The lowest BCUT2D eigenvalue weighted by molar-refractivity contribution is 0.469. The topological polar surface area (TPSA) is 54.3 Å². The molecule has 0 bridgehead atoms. The number of para-hydroxylation sites is 1. The van der Waals surface area contributed by atoms with Gasteiger partial charge in [-0.05, 0) is 18.6 Å². The number of hydrogen-bond donors (Lipinski definition) is 2. The molecule has 0 radical (unpaired) electrons. The minimum atomic E-state index is -0.0111. The number of halogens is 1. The molecule has 0 unspecified atom stereocenters. The van der Waals surface area contributed by atoms with Crippen LogP contribution in [-0.4, -0.2) is 9.67 Å². The molecule has 2 N–H and O–H groups in total. The van der Waals surface area contributed by atoms with Gasteiger partial charge in [0.2, 0.25) is 0 Å². The average Bonchev–Trinajstić information content (AvgIpc) is 2.44. The standard InChI is InChI=1S/C15H17ClN2O2/c1-2-8-18-10-12(6-7-14(18)19)17-9-11-4-3-5-13(16)15(11)20/h3-7,10,17,20H,2,8-9H2,1H3. The minimum absolute atomic E-state index is 0.0111. The fourth-order valence-corrected chi connectivity index (χ4v) is 2.15. The highest BCUT2D eigenvalue weighted by molar-refractivity contribution is 6.32. The van der Waals surface area contributed by atoms with Crippen LogP contribution in [0.1, 0.15) is 18.9 Å². The summed E-state index contributed by atoms with van der Waals surface area (Å²) in [5, 5.41) is 13.3. The summed E-state index contributed by atoms with van der Waals surface area (Å²) in [4.78, 5) is 11.6. The average molecular weight is 293 g/mol. The molecule has 0 aliphatic rings. The van der Waals surface area contributed by atoms with Crippen LogP contribution in [0.4, 0.5) is 5.69 Å². The maximum atomic E-state index is 11.6. The zero-order valence-corrected chi connectivity index (χ0v) is 12.0. The predicted octanol–water partition coefficient (Wildman–Crippen LogP) is 3.23. The van der Waals surface area contributed by atoms with Gasteiger partial charge < -0.3 is 15.0 Å². The van der Waals surface area contributed by atoms with Crippen molar-refractivity contribution >= 4 is 17.3 Å². The Morgan fingerprint density at radius 2 is 2.10 bits per heavy atom. The number of nitrogens with zero attached hydrogens (tertiary/aromatic N) is 1. The SMILES string of the molecule is CCCn1cc(NCc2cccc(Cl)c2O)ccc1=O. The third-order valence-electron chi connectivity index (χ3n) is 3.00. The Hall–Kier alpha value is -1.94. The van der Waals surface area contributed by atoms with E-state index in [1.54, 1.807) is 35.0 Å². The van der Waals surface area contributed by atoms with E-state index in [1.165, 1.54) is 6.07 Å². The number of hydrogen-bond acceptors (Lipinski definition) is 3. The number of pyridine rings is 1. The van der Waals surface area contributed by atoms with Crippen LogP contribution >= 0.6 is 11.6 Å². The van der Waals surface area contributed by atoms with Crippen LogP contribution in [0.5, 0.6) is 5.75 Å². The summed E-state index contributed by atoms with van der Waals surface area (Å²) < 4.78 is 1.67. The Labute approximate surface area is 122 Å². The molecule has 106 valence electrons. The number of aryl methyl sites for hydroxylation is 1. The summed E-state index contributed by atoms with van der Waals surface area (Å²) in [7, 11) is 0. The highest BCUT2D eigenvalue weighted by Crippen LogP contribution is 2.27. The van der Waals surface area contributed by atoms with Gasteiger partial charge in [0.05, 0.1) is 10.7 Å². The second-order valence-corrected chi connectivity index (χ2v) is 4.96. The van der Waals surface area contributed by atoms with E-state index < -0.39 is 0 Å².